The Labute approximate surface area is 130 Å². The van der Waals surface area contributed by atoms with Crippen molar-refractivity contribution in [1.82, 2.24) is 0 Å². The van der Waals surface area contributed by atoms with Crippen molar-refractivity contribution < 1.29 is 19.4 Å². The third-order valence-electron chi connectivity index (χ3n) is 3.65. The Hall–Kier alpha value is -2.49. The average Bonchev–Trinajstić information content (AvgIpc) is 2.50. The zero-order valence-corrected chi connectivity index (χ0v) is 13.0. The Morgan fingerprint density at radius 2 is 1.59 bits per heavy atom. The Balaban J connectivity index is 2.18. The van der Waals surface area contributed by atoms with E-state index in [2.05, 4.69) is 0 Å². The highest BCUT2D eigenvalue weighted by Crippen LogP contribution is 2.21. The fourth-order valence-electron chi connectivity index (χ4n) is 2.35. The van der Waals surface area contributed by atoms with Gasteiger partial charge in [-0.1, -0.05) is 18.2 Å². The summed E-state index contributed by atoms with van der Waals surface area (Å²) in [6, 6.07) is 12.8. The van der Waals surface area contributed by atoms with E-state index in [1.807, 2.05) is 32.0 Å². The number of hydrogen-bond acceptors (Lipinski definition) is 3. The second-order valence-corrected chi connectivity index (χ2v) is 5.19. The molecular weight excluding hydrogens is 280 g/mol. The Morgan fingerprint density at radius 3 is 2.09 bits per heavy atom. The van der Waals surface area contributed by atoms with Gasteiger partial charge in [-0.3, -0.25) is 0 Å². The molecule has 22 heavy (non-hydrogen) atoms. The van der Waals surface area contributed by atoms with Crippen LogP contribution in [0.3, 0.4) is 0 Å². The van der Waals surface area contributed by atoms with Gasteiger partial charge in [-0.25, -0.2) is 4.79 Å². The van der Waals surface area contributed by atoms with Gasteiger partial charge in [0.2, 0.25) is 0 Å². The molecule has 0 spiro atoms. The Kier molecular flexibility index (Phi) is 5.04. The molecule has 0 saturated heterocycles. The van der Waals surface area contributed by atoms with Crippen LogP contribution in [0.2, 0.25) is 0 Å². The van der Waals surface area contributed by atoms with E-state index in [9.17, 15) is 9.90 Å². The van der Waals surface area contributed by atoms with Crippen molar-refractivity contribution in [3.63, 3.8) is 0 Å². The van der Waals surface area contributed by atoms with Crippen LogP contribution in [0.25, 0.3) is 0 Å². The number of aryl methyl sites for hydroxylation is 2. The third kappa shape index (κ3) is 3.79. The highest BCUT2D eigenvalue weighted by molar-refractivity contribution is 5.73. The van der Waals surface area contributed by atoms with Crippen LogP contribution in [0, 0.1) is 13.8 Å². The quantitative estimate of drug-likeness (QED) is 0.888. The normalized spacial score (nSPS) is 11.8. The molecular formula is C18H20O4. The minimum Gasteiger partial charge on any atom is -0.497 e. The van der Waals surface area contributed by atoms with Gasteiger partial charge in [-0.05, 0) is 54.8 Å². The molecule has 0 fully saturated rings. The molecule has 2 rings (SSSR count). The van der Waals surface area contributed by atoms with E-state index in [4.69, 9.17) is 9.47 Å². The van der Waals surface area contributed by atoms with Gasteiger partial charge in [0.25, 0.3) is 0 Å². The van der Waals surface area contributed by atoms with Gasteiger partial charge in [0.05, 0.1) is 7.11 Å². The first-order valence-electron chi connectivity index (χ1n) is 7.10. The minimum absolute atomic E-state index is 0.333. The summed E-state index contributed by atoms with van der Waals surface area (Å²) < 4.78 is 10.7. The Bertz CT molecular complexity index is 626. The number of methoxy groups -OCH3 is 1. The molecule has 0 aliphatic rings. The predicted octanol–water partition coefficient (Wildman–Crippen LogP) is 3.39. The molecule has 0 heterocycles. The maximum atomic E-state index is 11.5. The maximum Gasteiger partial charge on any atom is 0.345 e. The van der Waals surface area contributed by atoms with Crippen LogP contribution in [0.1, 0.15) is 16.7 Å². The van der Waals surface area contributed by atoms with Gasteiger partial charge in [-0.2, -0.15) is 0 Å². The lowest BCUT2D eigenvalue weighted by molar-refractivity contribution is -0.145. The first-order chi connectivity index (χ1) is 10.5. The molecule has 4 heteroatoms. The molecule has 2 aromatic rings. The van der Waals surface area contributed by atoms with E-state index < -0.39 is 12.1 Å². The minimum atomic E-state index is -0.974. The lowest BCUT2D eigenvalue weighted by Gasteiger charge is -2.18. The molecule has 0 aliphatic heterocycles. The summed E-state index contributed by atoms with van der Waals surface area (Å²) in [5, 5.41) is 9.43. The third-order valence-corrected chi connectivity index (χ3v) is 3.65. The first-order valence-corrected chi connectivity index (χ1v) is 7.10. The number of aliphatic carboxylic acids is 1. The van der Waals surface area contributed by atoms with Crippen LogP contribution >= 0.6 is 0 Å². The Morgan fingerprint density at radius 1 is 1.05 bits per heavy atom. The van der Waals surface area contributed by atoms with Crippen LogP contribution < -0.4 is 9.47 Å². The molecule has 0 unspecified atom stereocenters. The molecule has 1 atom stereocenters. The van der Waals surface area contributed by atoms with Gasteiger partial charge in [0, 0.05) is 6.42 Å². The van der Waals surface area contributed by atoms with Crippen LogP contribution in [0.5, 0.6) is 11.5 Å². The van der Waals surface area contributed by atoms with Crippen LogP contribution in [-0.2, 0) is 11.2 Å². The molecule has 0 amide bonds. The number of ether oxygens (including phenoxy) is 2. The monoisotopic (exact) mass is 300 g/mol. The molecule has 0 radical (unpaired) electrons. The number of carbonyl (C=O) groups is 1. The lowest BCUT2D eigenvalue weighted by atomic mass is 9.97. The molecule has 0 aliphatic carbocycles. The van der Waals surface area contributed by atoms with Crippen molar-refractivity contribution in [2.45, 2.75) is 26.4 Å². The van der Waals surface area contributed by atoms with Crippen molar-refractivity contribution in [3.05, 3.63) is 59.2 Å². The van der Waals surface area contributed by atoms with E-state index in [-0.39, 0.29) is 0 Å². The van der Waals surface area contributed by atoms with Crippen molar-refractivity contribution in [3.8, 4) is 11.5 Å². The number of hydrogen-bond donors (Lipinski definition) is 1. The fourth-order valence-corrected chi connectivity index (χ4v) is 2.35. The van der Waals surface area contributed by atoms with E-state index >= 15 is 0 Å². The maximum absolute atomic E-state index is 11.5. The van der Waals surface area contributed by atoms with Crippen LogP contribution in [-0.4, -0.2) is 24.3 Å². The standard InChI is InChI=1S/C18H20O4/c1-12-5-4-6-13(2)16(12)11-17(18(19)20)22-15-9-7-14(21-3)8-10-15/h4-10,17H,11H2,1-3H3,(H,19,20)/t17-/m0/s1. The van der Waals surface area contributed by atoms with Crippen LogP contribution in [0.15, 0.2) is 42.5 Å². The van der Waals surface area contributed by atoms with Crippen LogP contribution in [0.4, 0.5) is 0 Å². The largest absolute Gasteiger partial charge is 0.497 e. The second-order valence-electron chi connectivity index (χ2n) is 5.19. The van der Waals surface area contributed by atoms with E-state index in [0.29, 0.717) is 17.9 Å². The summed E-state index contributed by atoms with van der Waals surface area (Å²) in [6.45, 7) is 3.96. The molecule has 1 N–H and O–H groups in total. The highest BCUT2D eigenvalue weighted by atomic mass is 16.5. The number of carboxylic acids is 1. The smallest absolute Gasteiger partial charge is 0.345 e. The first kappa shape index (κ1) is 15.9. The van der Waals surface area contributed by atoms with E-state index in [1.165, 1.54) is 0 Å². The molecule has 2 aromatic carbocycles. The summed E-state index contributed by atoms with van der Waals surface area (Å²) in [7, 11) is 1.58. The van der Waals surface area contributed by atoms with Crippen molar-refractivity contribution in [2.75, 3.05) is 7.11 Å². The number of carboxylic acid groups (broad SMARTS) is 1. The molecule has 116 valence electrons. The second kappa shape index (κ2) is 6.98. The summed E-state index contributed by atoms with van der Waals surface area (Å²) in [5.41, 5.74) is 3.16. The lowest BCUT2D eigenvalue weighted by Crippen LogP contribution is -2.30. The summed E-state index contributed by atoms with van der Waals surface area (Å²) in [6.07, 6.45) is -0.590. The number of benzene rings is 2. The van der Waals surface area contributed by atoms with Crippen molar-refractivity contribution in [2.24, 2.45) is 0 Å². The van der Waals surface area contributed by atoms with Gasteiger partial charge in [0.1, 0.15) is 11.5 Å². The van der Waals surface area contributed by atoms with E-state index in [1.54, 1.807) is 31.4 Å². The highest BCUT2D eigenvalue weighted by Gasteiger charge is 2.21. The average molecular weight is 300 g/mol. The summed E-state index contributed by atoms with van der Waals surface area (Å²) in [4.78, 5) is 11.5. The summed E-state index contributed by atoms with van der Waals surface area (Å²) in [5.74, 6) is 0.242. The molecule has 0 aromatic heterocycles. The predicted molar refractivity (Wildman–Crippen MR) is 84.7 cm³/mol. The molecule has 4 nitrogen and oxygen atoms in total. The SMILES string of the molecule is COc1ccc(O[C@@H](Cc2c(C)cccc2C)C(=O)O)cc1. The molecule has 0 saturated carbocycles. The zero-order valence-electron chi connectivity index (χ0n) is 13.0. The molecule has 0 bridgehead atoms. The van der Waals surface area contributed by atoms with Gasteiger partial charge in [0.15, 0.2) is 6.10 Å². The fraction of sp³-hybridized carbons (Fsp3) is 0.278. The van der Waals surface area contributed by atoms with Crippen molar-refractivity contribution in [1.29, 1.82) is 0 Å². The summed E-state index contributed by atoms with van der Waals surface area (Å²) >= 11 is 0. The van der Waals surface area contributed by atoms with Gasteiger partial charge >= 0.3 is 5.97 Å². The van der Waals surface area contributed by atoms with Crippen molar-refractivity contribution >= 4 is 5.97 Å². The number of rotatable bonds is 6. The van der Waals surface area contributed by atoms with Gasteiger partial charge < -0.3 is 14.6 Å². The van der Waals surface area contributed by atoms with Gasteiger partial charge in [-0.15, -0.1) is 0 Å². The topological polar surface area (TPSA) is 55.8 Å². The van der Waals surface area contributed by atoms with E-state index in [0.717, 1.165) is 16.7 Å². The zero-order chi connectivity index (χ0) is 16.1.